The number of carbonyl (C=O) groups is 1. The van der Waals surface area contributed by atoms with E-state index in [4.69, 9.17) is 5.73 Å². The molecule has 0 saturated carbocycles. The molecule has 1 atom stereocenters. The second-order valence-corrected chi connectivity index (χ2v) is 3.45. The Labute approximate surface area is 83.6 Å². The summed E-state index contributed by atoms with van der Waals surface area (Å²) in [6, 6.07) is 7.18. The fourth-order valence-electron chi connectivity index (χ4n) is 1.42. The maximum Gasteiger partial charge on any atom is 0.254 e. The first-order valence-corrected chi connectivity index (χ1v) is 4.60. The van der Waals surface area contributed by atoms with Crippen molar-refractivity contribution in [2.24, 2.45) is 5.73 Å². The summed E-state index contributed by atoms with van der Waals surface area (Å²) in [6.07, 6.45) is 0.284. The van der Waals surface area contributed by atoms with E-state index < -0.39 is 11.5 Å². The molecule has 0 saturated heterocycles. The van der Waals surface area contributed by atoms with Crippen LogP contribution in [0.15, 0.2) is 24.3 Å². The van der Waals surface area contributed by atoms with Crippen LogP contribution in [0.5, 0.6) is 0 Å². The predicted molar refractivity (Wildman–Crippen MR) is 54.6 cm³/mol. The molecule has 3 heteroatoms. The third-order valence-corrected chi connectivity index (χ3v) is 2.41. The number of primary amides is 1. The van der Waals surface area contributed by atoms with Crippen LogP contribution in [0, 0.1) is 6.92 Å². The highest BCUT2D eigenvalue weighted by Crippen LogP contribution is 2.24. The Bertz CT molecular complexity index is 349. The second kappa shape index (κ2) is 3.80. The molecular weight excluding hydrogens is 178 g/mol. The van der Waals surface area contributed by atoms with Gasteiger partial charge < -0.3 is 10.8 Å². The van der Waals surface area contributed by atoms with Gasteiger partial charge in [-0.15, -0.1) is 0 Å². The van der Waals surface area contributed by atoms with Gasteiger partial charge in [-0.05, 0) is 18.9 Å². The van der Waals surface area contributed by atoms with Crippen LogP contribution in [0.1, 0.15) is 24.5 Å². The Morgan fingerprint density at radius 2 is 2.21 bits per heavy atom. The molecule has 3 nitrogen and oxygen atoms in total. The molecule has 3 N–H and O–H groups in total. The fraction of sp³-hybridized carbons (Fsp3) is 0.364. The number of amides is 1. The molecule has 0 heterocycles. The van der Waals surface area contributed by atoms with E-state index in [2.05, 4.69) is 0 Å². The number of aryl methyl sites for hydroxylation is 1. The summed E-state index contributed by atoms with van der Waals surface area (Å²) in [7, 11) is 0. The van der Waals surface area contributed by atoms with Gasteiger partial charge in [0.1, 0.15) is 0 Å². The molecular formula is C11H15NO2. The second-order valence-electron chi connectivity index (χ2n) is 3.45. The normalized spacial score (nSPS) is 14.8. The van der Waals surface area contributed by atoms with E-state index in [0.29, 0.717) is 5.56 Å². The van der Waals surface area contributed by atoms with Crippen LogP contribution in [-0.2, 0) is 10.4 Å². The Morgan fingerprint density at radius 3 is 2.64 bits per heavy atom. The molecule has 1 rings (SSSR count). The van der Waals surface area contributed by atoms with E-state index in [0.717, 1.165) is 5.56 Å². The molecule has 0 fully saturated rings. The van der Waals surface area contributed by atoms with Crippen LogP contribution < -0.4 is 5.73 Å². The Morgan fingerprint density at radius 1 is 1.57 bits per heavy atom. The van der Waals surface area contributed by atoms with Crippen LogP contribution in [0.4, 0.5) is 0 Å². The van der Waals surface area contributed by atoms with Gasteiger partial charge in [0.25, 0.3) is 5.91 Å². The Balaban J connectivity index is 3.19. The lowest BCUT2D eigenvalue weighted by Gasteiger charge is -2.23. The maximum atomic E-state index is 11.1. The molecule has 0 spiro atoms. The van der Waals surface area contributed by atoms with Gasteiger partial charge in [0.05, 0.1) is 0 Å². The Hall–Kier alpha value is -1.35. The molecule has 76 valence electrons. The number of benzene rings is 1. The number of nitrogens with two attached hydrogens (primary N) is 1. The molecule has 0 aliphatic rings. The average Bonchev–Trinajstić information content (AvgIpc) is 2.16. The van der Waals surface area contributed by atoms with E-state index >= 15 is 0 Å². The van der Waals surface area contributed by atoms with Gasteiger partial charge >= 0.3 is 0 Å². The van der Waals surface area contributed by atoms with E-state index in [-0.39, 0.29) is 6.42 Å². The van der Waals surface area contributed by atoms with Crippen molar-refractivity contribution in [1.29, 1.82) is 0 Å². The predicted octanol–water partition coefficient (Wildman–Crippen LogP) is 1.08. The molecule has 1 unspecified atom stereocenters. The standard InChI is InChI=1S/C11H15NO2/c1-3-11(14,10(12)13)9-6-4-5-8(2)7-9/h4-7,14H,3H2,1-2H3,(H2,12,13). The topological polar surface area (TPSA) is 63.3 Å². The molecule has 0 radical (unpaired) electrons. The molecule has 0 aromatic heterocycles. The first-order valence-electron chi connectivity index (χ1n) is 4.60. The van der Waals surface area contributed by atoms with Crippen molar-refractivity contribution in [3.05, 3.63) is 35.4 Å². The fourth-order valence-corrected chi connectivity index (χ4v) is 1.42. The van der Waals surface area contributed by atoms with Crippen molar-refractivity contribution >= 4 is 5.91 Å². The van der Waals surface area contributed by atoms with Gasteiger partial charge in [-0.2, -0.15) is 0 Å². The molecule has 1 aromatic carbocycles. The summed E-state index contributed by atoms with van der Waals surface area (Å²) in [5, 5.41) is 10.0. The van der Waals surface area contributed by atoms with Crippen molar-refractivity contribution in [1.82, 2.24) is 0 Å². The van der Waals surface area contributed by atoms with Crippen molar-refractivity contribution in [2.45, 2.75) is 25.9 Å². The summed E-state index contributed by atoms with van der Waals surface area (Å²) in [5.41, 5.74) is 5.20. The molecule has 0 aliphatic carbocycles. The molecule has 1 amide bonds. The number of rotatable bonds is 3. The van der Waals surface area contributed by atoms with Gasteiger partial charge in [-0.3, -0.25) is 4.79 Å². The lowest BCUT2D eigenvalue weighted by Crippen LogP contribution is -2.40. The van der Waals surface area contributed by atoms with Crippen molar-refractivity contribution in [2.75, 3.05) is 0 Å². The minimum absolute atomic E-state index is 0.284. The summed E-state index contributed by atoms with van der Waals surface area (Å²) in [5.74, 6) is -0.703. The third kappa shape index (κ3) is 1.77. The van der Waals surface area contributed by atoms with Gasteiger partial charge in [-0.25, -0.2) is 0 Å². The first kappa shape index (κ1) is 10.7. The van der Waals surface area contributed by atoms with Crippen LogP contribution in [0.3, 0.4) is 0 Å². The zero-order chi connectivity index (χ0) is 10.8. The van der Waals surface area contributed by atoms with E-state index in [9.17, 15) is 9.90 Å². The van der Waals surface area contributed by atoms with Gasteiger partial charge in [0.2, 0.25) is 0 Å². The average molecular weight is 193 g/mol. The lowest BCUT2D eigenvalue weighted by atomic mass is 9.89. The van der Waals surface area contributed by atoms with Gasteiger partial charge in [0, 0.05) is 0 Å². The summed E-state index contributed by atoms with van der Waals surface area (Å²) >= 11 is 0. The van der Waals surface area contributed by atoms with Crippen LogP contribution >= 0.6 is 0 Å². The SMILES string of the molecule is CCC(O)(C(N)=O)c1cccc(C)c1. The van der Waals surface area contributed by atoms with E-state index in [1.54, 1.807) is 25.1 Å². The Kier molecular flexibility index (Phi) is 2.91. The molecule has 0 aliphatic heterocycles. The van der Waals surface area contributed by atoms with Crippen molar-refractivity contribution in [3.63, 3.8) is 0 Å². The number of hydrogen-bond donors (Lipinski definition) is 2. The van der Waals surface area contributed by atoms with Crippen molar-refractivity contribution in [3.8, 4) is 0 Å². The van der Waals surface area contributed by atoms with E-state index in [1.807, 2.05) is 13.0 Å². The monoisotopic (exact) mass is 193 g/mol. The zero-order valence-electron chi connectivity index (χ0n) is 8.45. The smallest absolute Gasteiger partial charge is 0.254 e. The van der Waals surface area contributed by atoms with Gasteiger partial charge in [0.15, 0.2) is 5.60 Å². The van der Waals surface area contributed by atoms with E-state index in [1.165, 1.54) is 0 Å². The quantitative estimate of drug-likeness (QED) is 0.754. The summed E-state index contributed by atoms with van der Waals surface area (Å²) in [6.45, 7) is 3.63. The van der Waals surface area contributed by atoms with Crippen LogP contribution in [0.2, 0.25) is 0 Å². The van der Waals surface area contributed by atoms with Crippen LogP contribution in [-0.4, -0.2) is 11.0 Å². The minimum atomic E-state index is -1.54. The van der Waals surface area contributed by atoms with Gasteiger partial charge in [-0.1, -0.05) is 36.8 Å². The molecule has 14 heavy (non-hydrogen) atoms. The first-order chi connectivity index (χ1) is 6.50. The highest BCUT2D eigenvalue weighted by atomic mass is 16.3. The maximum absolute atomic E-state index is 11.1. The summed E-state index contributed by atoms with van der Waals surface area (Å²) in [4.78, 5) is 11.1. The highest BCUT2D eigenvalue weighted by Gasteiger charge is 2.33. The number of carbonyl (C=O) groups excluding carboxylic acids is 1. The number of hydrogen-bond acceptors (Lipinski definition) is 2. The highest BCUT2D eigenvalue weighted by molar-refractivity contribution is 5.84. The minimum Gasteiger partial charge on any atom is -0.375 e. The zero-order valence-corrected chi connectivity index (χ0v) is 8.45. The van der Waals surface area contributed by atoms with Crippen LogP contribution in [0.25, 0.3) is 0 Å². The lowest BCUT2D eigenvalue weighted by molar-refractivity contribution is -0.137. The third-order valence-electron chi connectivity index (χ3n) is 2.41. The summed E-state index contributed by atoms with van der Waals surface area (Å²) < 4.78 is 0. The largest absolute Gasteiger partial charge is 0.375 e. The van der Waals surface area contributed by atoms with Crippen molar-refractivity contribution < 1.29 is 9.90 Å². The molecule has 1 aromatic rings. The molecule has 0 bridgehead atoms. The number of aliphatic hydroxyl groups is 1.